The van der Waals surface area contributed by atoms with Crippen molar-refractivity contribution in [1.29, 1.82) is 0 Å². The molecule has 8 heteroatoms. The molecule has 0 aliphatic rings. The highest BCUT2D eigenvalue weighted by atomic mass is 32.2. The Balaban J connectivity index is 2.63. The molecule has 1 aromatic heterocycles. The van der Waals surface area contributed by atoms with Crippen LogP contribution in [0.3, 0.4) is 0 Å². The van der Waals surface area contributed by atoms with Gasteiger partial charge in [-0.1, -0.05) is 6.92 Å². The van der Waals surface area contributed by atoms with Gasteiger partial charge in [-0.2, -0.15) is 0 Å². The van der Waals surface area contributed by atoms with Crippen LogP contribution in [0.5, 0.6) is 0 Å². The third kappa shape index (κ3) is 2.13. The molecule has 0 saturated carbocycles. The van der Waals surface area contributed by atoms with E-state index in [-0.39, 0.29) is 15.8 Å². The molecule has 1 heterocycles. The summed E-state index contributed by atoms with van der Waals surface area (Å²) in [5.74, 6) is -0.0328. The van der Waals surface area contributed by atoms with E-state index in [1.807, 2.05) is 0 Å². The molecule has 0 atom stereocenters. The molecular formula is C9H8N2O4S2. The summed E-state index contributed by atoms with van der Waals surface area (Å²) in [6.07, 6.45) is 0. The zero-order valence-electron chi connectivity index (χ0n) is 8.78. The Hall–Kier alpha value is -1.54. The third-order valence-electron chi connectivity index (χ3n) is 2.21. The lowest BCUT2D eigenvalue weighted by Gasteiger charge is -1.91. The highest BCUT2D eigenvalue weighted by Crippen LogP contribution is 2.28. The maximum atomic E-state index is 11.6. The van der Waals surface area contributed by atoms with Crippen molar-refractivity contribution < 1.29 is 13.3 Å². The van der Waals surface area contributed by atoms with Crippen molar-refractivity contribution >= 4 is 37.1 Å². The fraction of sp³-hybridized carbons (Fsp3) is 0.222. The van der Waals surface area contributed by atoms with Gasteiger partial charge in [0, 0.05) is 12.1 Å². The zero-order valence-corrected chi connectivity index (χ0v) is 10.4. The summed E-state index contributed by atoms with van der Waals surface area (Å²) in [7, 11) is -3.36. The van der Waals surface area contributed by atoms with Crippen LogP contribution in [-0.2, 0) is 9.84 Å². The second kappa shape index (κ2) is 4.04. The molecule has 0 aliphatic heterocycles. The minimum atomic E-state index is -3.36. The van der Waals surface area contributed by atoms with E-state index in [2.05, 4.69) is 4.98 Å². The molecule has 0 spiro atoms. The van der Waals surface area contributed by atoms with Gasteiger partial charge in [-0.05, 0) is 6.07 Å². The lowest BCUT2D eigenvalue weighted by molar-refractivity contribution is -0.384. The van der Waals surface area contributed by atoms with Gasteiger partial charge in [0.1, 0.15) is 0 Å². The monoisotopic (exact) mass is 272 g/mol. The predicted molar refractivity (Wildman–Crippen MR) is 64.0 cm³/mol. The molecule has 0 fully saturated rings. The van der Waals surface area contributed by atoms with Crippen LogP contribution in [0, 0.1) is 10.1 Å². The van der Waals surface area contributed by atoms with Crippen LogP contribution >= 0.6 is 11.3 Å². The number of nitro groups is 1. The van der Waals surface area contributed by atoms with Crippen LogP contribution in [0.15, 0.2) is 22.5 Å². The fourth-order valence-corrected chi connectivity index (χ4v) is 3.56. The first kappa shape index (κ1) is 11.9. The van der Waals surface area contributed by atoms with Gasteiger partial charge in [0.05, 0.1) is 20.9 Å². The van der Waals surface area contributed by atoms with E-state index >= 15 is 0 Å². The maximum Gasteiger partial charge on any atom is 0.271 e. The molecule has 0 unspecified atom stereocenters. The van der Waals surface area contributed by atoms with Crippen molar-refractivity contribution in [2.24, 2.45) is 0 Å². The second-order valence-corrected chi connectivity index (χ2v) is 6.77. The first-order chi connectivity index (χ1) is 7.94. The van der Waals surface area contributed by atoms with Crippen molar-refractivity contribution in [3.05, 3.63) is 28.3 Å². The molecule has 2 rings (SSSR count). The standard InChI is InChI=1S/C9H8N2O4S2/c1-2-17(14,15)9-10-7-5-6(11(12)13)3-4-8(7)16-9/h3-5H,2H2,1H3. The van der Waals surface area contributed by atoms with E-state index in [9.17, 15) is 18.5 Å². The zero-order chi connectivity index (χ0) is 12.6. The molecule has 0 bridgehead atoms. The highest BCUT2D eigenvalue weighted by molar-refractivity contribution is 7.93. The molecule has 6 nitrogen and oxygen atoms in total. The Labute approximate surface area is 101 Å². The van der Waals surface area contributed by atoms with Crippen LogP contribution in [0.25, 0.3) is 10.2 Å². The highest BCUT2D eigenvalue weighted by Gasteiger charge is 2.18. The van der Waals surface area contributed by atoms with Gasteiger partial charge >= 0.3 is 0 Å². The Morgan fingerprint density at radius 1 is 1.47 bits per heavy atom. The smallest absolute Gasteiger partial charge is 0.258 e. The lowest BCUT2D eigenvalue weighted by atomic mass is 10.3. The minimum Gasteiger partial charge on any atom is -0.258 e. The minimum absolute atomic E-state index is 0.00972. The number of fused-ring (bicyclic) bond motifs is 1. The summed E-state index contributed by atoms with van der Waals surface area (Å²) in [6, 6.07) is 4.13. The number of non-ortho nitro benzene ring substituents is 1. The fourth-order valence-electron chi connectivity index (χ4n) is 1.26. The molecule has 1 aromatic carbocycles. The van der Waals surface area contributed by atoms with Gasteiger partial charge in [-0.3, -0.25) is 10.1 Å². The van der Waals surface area contributed by atoms with Crippen molar-refractivity contribution in [3.8, 4) is 0 Å². The van der Waals surface area contributed by atoms with Gasteiger partial charge in [0.25, 0.3) is 5.69 Å². The number of hydrogen-bond acceptors (Lipinski definition) is 6. The number of benzene rings is 1. The van der Waals surface area contributed by atoms with E-state index in [0.29, 0.717) is 10.2 Å². The molecule has 0 amide bonds. The number of sulfone groups is 1. The average Bonchev–Trinajstić information content (AvgIpc) is 2.72. The van der Waals surface area contributed by atoms with Gasteiger partial charge in [-0.15, -0.1) is 11.3 Å². The first-order valence-corrected chi connectivity index (χ1v) is 7.18. The van der Waals surface area contributed by atoms with Crippen molar-refractivity contribution in [2.45, 2.75) is 11.3 Å². The molecule has 0 aliphatic carbocycles. The van der Waals surface area contributed by atoms with Crippen LogP contribution in [-0.4, -0.2) is 24.1 Å². The molecule has 2 aromatic rings. The summed E-state index contributed by atoms with van der Waals surface area (Å²) in [5.41, 5.74) is 0.250. The lowest BCUT2D eigenvalue weighted by Crippen LogP contribution is -2.02. The molecule has 0 radical (unpaired) electrons. The Morgan fingerprint density at radius 3 is 2.76 bits per heavy atom. The third-order valence-corrected chi connectivity index (χ3v) is 5.43. The van der Waals surface area contributed by atoms with E-state index in [1.165, 1.54) is 25.1 Å². The van der Waals surface area contributed by atoms with Crippen molar-refractivity contribution in [3.63, 3.8) is 0 Å². The topological polar surface area (TPSA) is 90.2 Å². The van der Waals surface area contributed by atoms with Crippen LogP contribution < -0.4 is 0 Å². The summed E-state index contributed by atoms with van der Waals surface area (Å²) in [5, 5.41) is 10.6. The summed E-state index contributed by atoms with van der Waals surface area (Å²) >= 11 is 1.03. The largest absolute Gasteiger partial charge is 0.271 e. The quantitative estimate of drug-likeness (QED) is 0.629. The maximum absolute atomic E-state index is 11.6. The Kier molecular flexibility index (Phi) is 2.84. The number of hydrogen-bond donors (Lipinski definition) is 0. The van der Waals surface area contributed by atoms with Gasteiger partial charge < -0.3 is 0 Å². The normalized spacial score (nSPS) is 11.8. The van der Waals surface area contributed by atoms with Crippen LogP contribution in [0.2, 0.25) is 0 Å². The molecule has 0 N–H and O–H groups in total. The average molecular weight is 272 g/mol. The second-order valence-electron chi connectivity index (χ2n) is 3.29. The number of nitro benzene ring substituents is 1. The SMILES string of the molecule is CCS(=O)(=O)c1nc2cc([N+](=O)[O-])ccc2s1. The Morgan fingerprint density at radius 2 is 2.18 bits per heavy atom. The van der Waals surface area contributed by atoms with Gasteiger partial charge in [0.2, 0.25) is 14.2 Å². The molecule has 90 valence electrons. The van der Waals surface area contributed by atoms with Crippen molar-refractivity contribution in [2.75, 3.05) is 5.75 Å². The summed E-state index contributed by atoms with van der Waals surface area (Å²) in [4.78, 5) is 14.0. The van der Waals surface area contributed by atoms with E-state index in [0.717, 1.165) is 11.3 Å². The number of aromatic nitrogens is 1. The van der Waals surface area contributed by atoms with Gasteiger partial charge in [-0.25, -0.2) is 13.4 Å². The van der Waals surface area contributed by atoms with E-state index in [1.54, 1.807) is 0 Å². The summed E-state index contributed by atoms with van der Waals surface area (Å²) in [6.45, 7) is 1.53. The van der Waals surface area contributed by atoms with Crippen LogP contribution in [0.4, 0.5) is 5.69 Å². The molecule has 17 heavy (non-hydrogen) atoms. The number of rotatable bonds is 3. The van der Waals surface area contributed by atoms with Crippen molar-refractivity contribution in [1.82, 2.24) is 4.98 Å². The molecule has 0 saturated heterocycles. The first-order valence-electron chi connectivity index (χ1n) is 4.72. The van der Waals surface area contributed by atoms with E-state index in [4.69, 9.17) is 0 Å². The van der Waals surface area contributed by atoms with Gasteiger partial charge in [0.15, 0.2) is 0 Å². The number of thiazole rings is 1. The van der Waals surface area contributed by atoms with Crippen LogP contribution in [0.1, 0.15) is 6.92 Å². The Bertz CT molecular complexity index is 690. The molecular weight excluding hydrogens is 264 g/mol. The number of nitrogens with zero attached hydrogens (tertiary/aromatic N) is 2. The van der Waals surface area contributed by atoms with E-state index < -0.39 is 14.8 Å². The predicted octanol–water partition coefficient (Wildman–Crippen LogP) is 2.00. The summed E-state index contributed by atoms with van der Waals surface area (Å²) < 4.78 is 23.8.